The highest BCUT2D eigenvalue weighted by molar-refractivity contribution is 6.31. The predicted molar refractivity (Wildman–Crippen MR) is 86.3 cm³/mol. The number of dihydropyridines is 1. The summed E-state index contributed by atoms with van der Waals surface area (Å²) in [4.78, 5) is 17.7. The molecule has 0 fully saturated rings. The molecular formula is C18H22FNO2. The van der Waals surface area contributed by atoms with Gasteiger partial charge in [-0.3, -0.25) is 9.79 Å². The second-order valence-electron chi connectivity index (χ2n) is 6.29. The quantitative estimate of drug-likeness (QED) is 0.928. The lowest BCUT2D eigenvalue weighted by Gasteiger charge is -2.39. The van der Waals surface area contributed by atoms with Gasteiger partial charge in [0, 0.05) is 17.4 Å². The van der Waals surface area contributed by atoms with Crippen molar-refractivity contribution in [3.8, 4) is 0 Å². The Balaban J connectivity index is 2.63. The van der Waals surface area contributed by atoms with Gasteiger partial charge in [-0.25, -0.2) is 4.39 Å². The molecule has 118 valence electrons. The lowest BCUT2D eigenvalue weighted by molar-refractivity contribution is -0.121. The SMILES string of the molecule is CC(C)C1(C(C)C)N=CC(CO)=C(c2ccc(F)cc2)C1=O. The van der Waals surface area contributed by atoms with Crippen LogP contribution in [-0.4, -0.2) is 29.3 Å². The Morgan fingerprint density at radius 3 is 2.14 bits per heavy atom. The number of ketones is 1. The number of aliphatic imine (C=N–C) groups is 1. The van der Waals surface area contributed by atoms with E-state index in [0.29, 0.717) is 16.7 Å². The lowest BCUT2D eigenvalue weighted by Crippen LogP contribution is -2.49. The fourth-order valence-corrected chi connectivity index (χ4v) is 3.20. The zero-order chi connectivity index (χ0) is 16.5. The average molecular weight is 303 g/mol. The Labute approximate surface area is 130 Å². The van der Waals surface area contributed by atoms with Crippen LogP contribution in [0, 0.1) is 17.7 Å². The van der Waals surface area contributed by atoms with Gasteiger partial charge >= 0.3 is 0 Å². The maximum atomic E-state index is 13.2. The molecule has 0 radical (unpaired) electrons. The van der Waals surface area contributed by atoms with Gasteiger partial charge < -0.3 is 5.11 Å². The Hall–Kier alpha value is -1.81. The number of aliphatic hydroxyl groups is 1. The summed E-state index contributed by atoms with van der Waals surface area (Å²) in [5, 5.41) is 9.57. The van der Waals surface area contributed by atoms with E-state index in [-0.39, 0.29) is 30.0 Å². The zero-order valence-corrected chi connectivity index (χ0v) is 13.4. The van der Waals surface area contributed by atoms with Gasteiger partial charge in [0.05, 0.1) is 6.61 Å². The standard InChI is InChI=1S/C18H22FNO2/c1-11(2)18(12(3)4)17(22)16(14(10-21)9-20-18)13-5-7-15(19)8-6-13/h5-9,11-12,21H,10H2,1-4H3. The van der Waals surface area contributed by atoms with Gasteiger partial charge in [-0.05, 0) is 29.5 Å². The average Bonchev–Trinajstić information content (AvgIpc) is 2.47. The van der Waals surface area contributed by atoms with E-state index in [2.05, 4.69) is 4.99 Å². The second-order valence-corrected chi connectivity index (χ2v) is 6.29. The van der Waals surface area contributed by atoms with Gasteiger partial charge in [0.1, 0.15) is 11.4 Å². The molecule has 0 aliphatic carbocycles. The summed E-state index contributed by atoms with van der Waals surface area (Å²) < 4.78 is 13.2. The number of halogens is 1. The summed E-state index contributed by atoms with van der Waals surface area (Å²) in [6, 6.07) is 5.79. The van der Waals surface area contributed by atoms with Crippen molar-refractivity contribution in [2.24, 2.45) is 16.8 Å². The van der Waals surface area contributed by atoms with Crippen molar-refractivity contribution < 1.29 is 14.3 Å². The molecule has 1 aromatic carbocycles. The first-order chi connectivity index (χ1) is 10.3. The van der Waals surface area contributed by atoms with Crippen LogP contribution in [0.1, 0.15) is 33.3 Å². The monoisotopic (exact) mass is 303 g/mol. The summed E-state index contributed by atoms with van der Waals surface area (Å²) in [5.41, 5.74) is 0.697. The van der Waals surface area contributed by atoms with Gasteiger partial charge in [-0.1, -0.05) is 39.8 Å². The molecule has 0 spiro atoms. The normalized spacial score (nSPS) is 17.7. The fourth-order valence-electron chi connectivity index (χ4n) is 3.20. The maximum absolute atomic E-state index is 13.2. The summed E-state index contributed by atoms with van der Waals surface area (Å²) in [7, 11) is 0. The molecule has 3 nitrogen and oxygen atoms in total. The van der Waals surface area contributed by atoms with E-state index in [1.165, 1.54) is 12.1 Å². The van der Waals surface area contributed by atoms with Crippen LogP contribution in [0.2, 0.25) is 0 Å². The van der Waals surface area contributed by atoms with Crippen molar-refractivity contribution in [1.29, 1.82) is 0 Å². The van der Waals surface area contributed by atoms with E-state index in [0.717, 1.165) is 0 Å². The number of rotatable bonds is 4. The first-order valence-electron chi connectivity index (χ1n) is 7.54. The zero-order valence-electron chi connectivity index (χ0n) is 13.4. The first-order valence-corrected chi connectivity index (χ1v) is 7.54. The maximum Gasteiger partial charge on any atom is 0.191 e. The van der Waals surface area contributed by atoms with E-state index < -0.39 is 5.54 Å². The number of benzene rings is 1. The summed E-state index contributed by atoms with van der Waals surface area (Å²) >= 11 is 0. The molecule has 0 aromatic heterocycles. The molecule has 0 saturated carbocycles. The molecule has 0 amide bonds. The van der Waals surface area contributed by atoms with Crippen LogP contribution in [0.4, 0.5) is 4.39 Å². The Bertz CT molecular complexity index is 619. The third-order valence-corrected chi connectivity index (χ3v) is 4.41. The van der Waals surface area contributed by atoms with Gasteiger partial charge in [-0.15, -0.1) is 0 Å². The summed E-state index contributed by atoms with van der Waals surface area (Å²) in [6.45, 7) is 7.63. The third kappa shape index (κ3) is 2.52. The number of carbonyl (C=O) groups is 1. The number of hydrogen-bond donors (Lipinski definition) is 1. The molecule has 0 saturated heterocycles. The molecule has 0 bridgehead atoms. The highest BCUT2D eigenvalue weighted by Gasteiger charge is 2.47. The van der Waals surface area contributed by atoms with Crippen molar-refractivity contribution in [3.63, 3.8) is 0 Å². The molecule has 0 atom stereocenters. The van der Waals surface area contributed by atoms with Crippen LogP contribution in [0.25, 0.3) is 5.57 Å². The minimum absolute atomic E-state index is 0.0203. The highest BCUT2D eigenvalue weighted by atomic mass is 19.1. The number of carbonyl (C=O) groups excluding carboxylic acids is 1. The van der Waals surface area contributed by atoms with E-state index in [1.807, 2.05) is 27.7 Å². The van der Waals surface area contributed by atoms with Gasteiger partial charge in [0.15, 0.2) is 5.78 Å². The fraction of sp³-hybridized carbons (Fsp3) is 0.444. The molecule has 22 heavy (non-hydrogen) atoms. The van der Waals surface area contributed by atoms with E-state index >= 15 is 0 Å². The smallest absolute Gasteiger partial charge is 0.191 e. The number of aliphatic hydroxyl groups excluding tert-OH is 1. The topological polar surface area (TPSA) is 49.7 Å². The van der Waals surface area contributed by atoms with Crippen LogP contribution in [0.15, 0.2) is 34.8 Å². The molecule has 1 heterocycles. The van der Waals surface area contributed by atoms with Crippen LogP contribution in [0.5, 0.6) is 0 Å². The largest absolute Gasteiger partial charge is 0.392 e. The number of hydrogen-bond acceptors (Lipinski definition) is 3. The third-order valence-electron chi connectivity index (χ3n) is 4.41. The molecule has 2 rings (SSSR count). The number of nitrogens with zero attached hydrogens (tertiary/aromatic N) is 1. The van der Waals surface area contributed by atoms with Crippen molar-refractivity contribution in [3.05, 3.63) is 41.2 Å². The highest BCUT2D eigenvalue weighted by Crippen LogP contribution is 2.39. The molecule has 1 N–H and O–H groups in total. The van der Waals surface area contributed by atoms with Crippen LogP contribution in [0.3, 0.4) is 0 Å². The summed E-state index contributed by atoms with van der Waals surface area (Å²) in [6.07, 6.45) is 1.60. The molecule has 4 heteroatoms. The van der Waals surface area contributed by atoms with Crippen molar-refractivity contribution in [2.45, 2.75) is 33.2 Å². The Kier molecular flexibility index (Phi) is 4.61. The molecular weight excluding hydrogens is 281 g/mol. The first kappa shape index (κ1) is 16.6. The predicted octanol–water partition coefficient (Wildman–Crippen LogP) is 3.28. The van der Waals surface area contributed by atoms with Crippen LogP contribution >= 0.6 is 0 Å². The number of Topliss-reactive ketones (excluding diaryl/α,β-unsaturated/α-hetero) is 1. The van der Waals surface area contributed by atoms with Gasteiger partial charge in [-0.2, -0.15) is 0 Å². The molecule has 0 unspecified atom stereocenters. The van der Waals surface area contributed by atoms with Crippen LogP contribution in [-0.2, 0) is 4.79 Å². The van der Waals surface area contributed by atoms with Gasteiger partial charge in [0.25, 0.3) is 0 Å². The lowest BCUT2D eigenvalue weighted by atomic mass is 9.69. The van der Waals surface area contributed by atoms with Crippen molar-refractivity contribution in [2.75, 3.05) is 6.61 Å². The van der Waals surface area contributed by atoms with Gasteiger partial charge in [0.2, 0.25) is 0 Å². The van der Waals surface area contributed by atoms with Crippen molar-refractivity contribution >= 4 is 17.6 Å². The molecule has 1 aliphatic heterocycles. The Morgan fingerprint density at radius 2 is 1.68 bits per heavy atom. The molecule has 1 aromatic rings. The van der Waals surface area contributed by atoms with E-state index in [4.69, 9.17) is 0 Å². The van der Waals surface area contributed by atoms with E-state index in [9.17, 15) is 14.3 Å². The van der Waals surface area contributed by atoms with Crippen LogP contribution < -0.4 is 0 Å². The minimum atomic E-state index is -0.845. The second kappa shape index (κ2) is 6.13. The van der Waals surface area contributed by atoms with Crippen molar-refractivity contribution in [1.82, 2.24) is 0 Å². The molecule has 1 aliphatic rings. The summed E-state index contributed by atoms with van der Waals surface area (Å²) in [5.74, 6) is -0.416. The Morgan fingerprint density at radius 1 is 1.14 bits per heavy atom. The van der Waals surface area contributed by atoms with E-state index in [1.54, 1.807) is 18.3 Å². The minimum Gasteiger partial charge on any atom is -0.392 e.